The Hall–Kier alpha value is -4.24. The Morgan fingerprint density at radius 3 is 2.32 bits per heavy atom. The number of esters is 1. The predicted molar refractivity (Wildman–Crippen MR) is 154 cm³/mol. The largest absolute Gasteiger partial charge is 0.497 e. The second-order valence-electron chi connectivity index (χ2n) is 9.45. The van der Waals surface area contributed by atoms with Gasteiger partial charge in [-0.25, -0.2) is 0 Å². The summed E-state index contributed by atoms with van der Waals surface area (Å²) in [6.45, 7) is 4.16. The van der Waals surface area contributed by atoms with Gasteiger partial charge in [-0.05, 0) is 43.2 Å². The Kier molecular flexibility index (Phi) is 9.73. The van der Waals surface area contributed by atoms with Crippen molar-refractivity contribution < 1.29 is 38.0 Å². The fourth-order valence-corrected chi connectivity index (χ4v) is 5.05. The molecule has 3 aromatic carbocycles. The molecule has 0 spiro atoms. The minimum Gasteiger partial charge on any atom is -0.497 e. The Labute approximate surface area is 240 Å². The van der Waals surface area contributed by atoms with Crippen LogP contribution in [0.4, 0.5) is 5.69 Å². The van der Waals surface area contributed by atoms with E-state index >= 15 is 0 Å². The Balaban J connectivity index is 1.92. The summed E-state index contributed by atoms with van der Waals surface area (Å²) < 4.78 is 34.1. The number of nitrogens with zero attached hydrogens (tertiary/aromatic N) is 1. The van der Waals surface area contributed by atoms with Crippen LogP contribution in [0.5, 0.6) is 23.0 Å². The second-order valence-corrected chi connectivity index (χ2v) is 9.45. The summed E-state index contributed by atoms with van der Waals surface area (Å²) in [7, 11) is 6.28. The number of ether oxygens (including phenoxy) is 6. The van der Waals surface area contributed by atoms with Crippen molar-refractivity contribution in [2.45, 2.75) is 45.4 Å². The fourth-order valence-electron chi connectivity index (χ4n) is 5.05. The fraction of sp³-hybridized carbons (Fsp3) is 0.375. The summed E-state index contributed by atoms with van der Waals surface area (Å²) in [5, 5.41) is 0. The minimum absolute atomic E-state index is 0.176. The van der Waals surface area contributed by atoms with E-state index in [1.807, 2.05) is 42.5 Å². The molecule has 218 valence electrons. The number of hydrogen-bond donors (Lipinski definition) is 0. The quantitative estimate of drug-likeness (QED) is 0.292. The first-order chi connectivity index (χ1) is 19.9. The third-order valence-electron chi connectivity index (χ3n) is 7.11. The van der Waals surface area contributed by atoms with Gasteiger partial charge in [0, 0.05) is 22.8 Å². The zero-order valence-corrected chi connectivity index (χ0v) is 24.4. The summed E-state index contributed by atoms with van der Waals surface area (Å²) in [6.07, 6.45) is -1.34. The molecular formula is C32H37NO8. The van der Waals surface area contributed by atoms with Crippen LogP contribution in [0.1, 0.15) is 48.6 Å². The Bertz CT molecular complexity index is 1390. The molecule has 2 atom stereocenters. The summed E-state index contributed by atoms with van der Waals surface area (Å²) in [5.74, 6) is 1.33. The van der Waals surface area contributed by atoms with Crippen LogP contribution >= 0.6 is 0 Å². The molecule has 0 saturated heterocycles. The van der Waals surface area contributed by atoms with Gasteiger partial charge in [-0.1, -0.05) is 31.2 Å². The molecule has 9 heteroatoms. The molecular weight excluding hydrogens is 526 g/mol. The lowest BCUT2D eigenvalue weighted by molar-refractivity contribution is -0.151. The molecule has 0 bridgehead atoms. The first kappa shape index (κ1) is 29.7. The molecule has 1 amide bonds. The van der Waals surface area contributed by atoms with Crippen molar-refractivity contribution >= 4 is 17.6 Å². The molecule has 1 heterocycles. The molecule has 0 N–H and O–H groups in total. The van der Waals surface area contributed by atoms with Crippen LogP contribution < -0.4 is 23.8 Å². The molecule has 0 aliphatic carbocycles. The summed E-state index contributed by atoms with van der Waals surface area (Å²) in [5.41, 5.74) is 3.93. The molecule has 0 saturated carbocycles. The van der Waals surface area contributed by atoms with E-state index in [1.165, 1.54) is 0 Å². The molecule has 41 heavy (non-hydrogen) atoms. The van der Waals surface area contributed by atoms with Gasteiger partial charge < -0.3 is 33.3 Å². The normalized spacial score (nSPS) is 16.4. The van der Waals surface area contributed by atoms with Crippen LogP contribution in [0.15, 0.2) is 54.6 Å². The monoisotopic (exact) mass is 563 g/mol. The van der Waals surface area contributed by atoms with Crippen molar-refractivity contribution in [3.63, 3.8) is 0 Å². The molecule has 0 radical (unpaired) electrons. The van der Waals surface area contributed by atoms with Gasteiger partial charge in [0.05, 0.1) is 53.7 Å². The van der Waals surface area contributed by atoms with Gasteiger partial charge in [-0.2, -0.15) is 0 Å². The highest BCUT2D eigenvalue weighted by molar-refractivity contribution is 6.00. The van der Waals surface area contributed by atoms with Gasteiger partial charge in [-0.3, -0.25) is 9.59 Å². The van der Waals surface area contributed by atoms with Crippen LogP contribution in [0.3, 0.4) is 0 Å². The lowest BCUT2D eigenvalue weighted by Crippen LogP contribution is -2.40. The number of aryl methyl sites for hydroxylation is 1. The predicted octanol–water partition coefficient (Wildman–Crippen LogP) is 5.26. The van der Waals surface area contributed by atoms with E-state index in [1.54, 1.807) is 52.4 Å². The van der Waals surface area contributed by atoms with Gasteiger partial charge in [0.15, 0.2) is 11.5 Å². The summed E-state index contributed by atoms with van der Waals surface area (Å²) in [6, 6.07) is 16.9. The van der Waals surface area contributed by atoms with Crippen LogP contribution in [0.2, 0.25) is 0 Å². The number of para-hydroxylation sites is 1. The van der Waals surface area contributed by atoms with E-state index in [9.17, 15) is 9.59 Å². The smallest absolute Gasteiger partial charge is 0.308 e. The molecule has 1 aliphatic rings. The van der Waals surface area contributed by atoms with Crippen molar-refractivity contribution in [2.75, 3.05) is 39.9 Å². The molecule has 1 aliphatic heterocycles. The van der Waals surface area contributed by atoms with Gasteiger partial charge in [0.25, 0.3) is 5.91 Å². The van der Waals surface area contributed by atoms with E-state index in [4.69, 9.17) is 28.4 Å². The van der Waals surface area contributed by atoms with Gasteiger partial charge >= 0.3 is 5.97 Å². The molecule has 0 unspecified atom stereocenters. The van der Waals surface area contributed by atoms with Crippen molar-refractivity contribution in [3.8, 4) is 23.0 Å². The van der Waals surface area contributed by atoms with E-state index in [0.717, 1.165) is 23.1 Å². The summed E-state index contributed by atoms with van der Waals surface area (Å²) >= 11 is 0. The van der Waals surface area contributed by atoms with Crippen LogP contribution in [-0.2, 0) is 32.0 Å². The molecule has 3 aromatic rings. The number of carbonyl (C=O) groups is 2. The van der Waals surface area contributed by atoms with Gasteiger partial charge in [0.1, 0.15) is 23.7 Å². The third-order valence-corrected chi connectivity index (χ3v) is 7.11. The Morgan fingerprint density at radius 2 is 1.66 bits per heavy atom. The zero-order chi connectivity index (χ0) is 29.5. The van der Waals surface area contributed by atoms with E-state index in [2.05, 4.69) is 6.92 Å². The first-order valence-corrected chi connectivity index (χ1v) is 13.6. The lowest BCUT2D eigenvalue weighted by Gasteiger charge is -2.26. The standard InChI is InChI=1S/C32H37NO8/c1-7-20-12-15-25-24(16-20)30(23-10-9-11-26(37-4)31(23)39-6)41-28(18-29(34)40-8-2)32(35)33(25)19-21-13-14-22(36-3)17-27(21)38-5/h9-17,28,30H,7-8,18-19H2,1-6H3/t28-,30-/m1/s1. The second kappa shape index (κ2) is 13.4. The van der Waals surface area contributed by atoms with Crippen molar-refractivity contribution in [3.05, 3.63) is 76.9 Å². The van der Waals surface area contributed by atoms with Crippen LogP contribution in [0.25, 0.3) is 0 Å². The molecule has 0 fully saturated rings. The van der Waals surface area contributed by atoms with Crippen LogP contribution in [0, 0.1) is 0 Å². The minimum atomic E-state index is -1.13. The van der Waals surface area contributed by atoms with Crippen molar-refractivity contribution in [1.29, 1.82) is 0 Å². The zero-order valence-electron chi connectivity index (χ0n) is 24.4. The highest BCUT2D eigenvalue weighted by Gasteiger charge is 2.39. The molecule has 4 rings (SSSR count). The highest BCUT2D eigenvalue weighted by Crippen LogP contribution is 2.45. The Morgan fingerprint density at radius 1 is 0.878 bits per heavy atom. The molecule has 0 aromatic heterocycles. The number of carbonyl (C=O) groups excluding carboxylic acids is 2. The SMILES string of the molecule is CCOC(=O)C[C@H]1O[C@H](c2cccc(OC)c2OC)c2cc(CC)ccc2N(Cc2ccc(OC)cc2OC)C1=O. The maximum absolute atomic E-state index is 14.3. The van der Waals surface area contributed by atoms with Crippen LogP contribution in [-0.4, -0.2) is 53.0 Å². The summed E-state index contributed by atoms with van der Waals surface area (Å²) in [4.78, 5) is 28.6. The van der Waals surface area contributed by atoms with Gasteiger partial charge in [-0.15, -0.1) is 0 Å². The molecule has 9 nitrogen and oxygen atoms in total. The third kappa shape index (κ3) is 6.25. The number of amides is 1. The number of hydrogen-bond acceptors (Lipinski definition) is 8. The first-order valence-electron chi connectivity index (χ1n) is 13.6. The van der Waals surface area contributed by atoms with E-state index < -0.39 is 18.2 Å². The number of rotatable bonds is 11. The number of fused-ring (bicyclic) bond motifs is 1. The maximum atomic E-state index is 14.3. The van der Waals surface area contributed by atoms with E-state index in [0.29, 0.717) is 34.2 Å². The highest BCUT2D eigenvalue weighted by atomic mass is 16.5. The van der Waals surface area contributed by atoms with Crippen molar-refractivity contribution in [2.24, 2.45) is 0 Å². The lowest BCUT2D eigenvalue weighted by atomic mass is 9.95. The average Bonchev–Trinajstić information content (AvgIpc) is 3.10. The van der Waals surface area contributed by atoms with E-state index in [-0.39, 0.29) is 25.5 Å². The maximum Gasteiger partial charge on any atom is 0.308 e. The number of methoxy groups -OCH3 is 4. The topological polar surface area (TPSA) is 92.8 Å². The van der Waals surface area contributed by atoms with Crippen molar-refractivity contribution in [1.82, 2.24) is 0 Å². The van der Waals surface area contributed by atoms with Gasteiger partial charge in [0.2, 0.25) is 0 Å². The number of benzene rings is 3. The number of anilines is 1. The average molecular weight is 564 g/mol.